The van der Waals surface area contributed by atoms with Crippen molar-refractivity contribution in [3.63, 3.8) is 0 Å². The lowest BCUT2D eigenvalue weighted by Gasteiger charge is -2.07. The normalized spacial score (nSPS) is 10.3. The van der Waals surface area contributed by atoms with Crippen LogP contribution < -0.4 is 10.6 Å². The minimum absolute atomic E-state index is 0.509. The molecule has 0 aliphatic rings. The van der Waals surface area contributed by atoms with E-state index in [1.165, 1.54) is 18.4 Å². The van der Waals surface area contributed by atoms with Crippen LogP contribution in [0.5, 0.6) is 0 Å². The summed E-state index contributed by atoms with van der Waals surface area (Å²) >= 11 is 0. The van der Waals surface area contributed by atoms with Crippen LogP contribution in [0.25, 0.3) is 0 Å². The summed E-state index contributed by atoms with van der Waals surface area (Å²) in [6.45, 7) is 5.16. The van der Waals surface area contributed by atoms with Crippen molar-refractivity contribution in [2.75, 3.05) is 17.2 Å². The van der Waals surface area contributed by atoms with Crippen molar-refractivity contribution in [3.05, 3.63) is 36.0 Å². The minimum atomic E-state index is 0.509. The first-order valence-electron chi connectivity index (χ1n) is 7.05. The molecule has 20 heavy (non-hydrogen) atoms. The largest absolute Gasteiger partial charge is 0.369 e. The van der Waals surface area contributed by atoms with Gasteiger partial charge in [0.25, 0.3) is 0 Å². The summed E-state index contributed by atoms with van der Waals surface area (Å²) in [7, 11) is 0. The second kappa shape index (κ2) is 7.43. The third kappa shape index (κ3) is 4.50. The van der Waals surface area contributed by atoms with Crippen molar-refractivity contribution < 1.29 is 0 Å². The number of hydrogen-bond donors (Lipinski definition) is 2. The highest BCUT2D eigenvalue weighted by atomic mass is 15.3. The van der Waals surface area contributed by atoms with Gasteiger partial charge in [0.1, 0.15) is 0 Å². The van der Waals surface area contributed by atoms with Crippen molar-refractivity contribution in [1.82, 2.24) is 15.2 Å². The van der Waals surface area contributed by atoms with E-state index in [1.54, 1.807) is 6.20 Å². The molecule has 0 aliphatic carbocycles. The Balaban J connectivity index is 1.93. The van der Waals surface area contributed by atoms with Crippen LogP contribution in [-0.4, -0.2) is 21.7 Å². The van der Waals surface area contributed by atoms with Gasteiger partial charge < -0.3 is 10.6 Å². The Labute approximate surface area is 119 Å². The number of anilines is 3. The van der Waals surface area contributed by atoms with Crippen LogP contribution in [0.2, 0.25) is 0 Å². The fourth-order valence-corrected chi connectivity index (χ4v) is 1.80. The topological polar surface area (TPSA) is 62.7 Å². The molecule has 0 fully saturated rings. The second-order valence-electron chi connectivity index (χ2n) is 4.79. The molecule has 0 aliphatic heterocycles. The van der Waals surface area contributed by atoms with Crippen LogP contribution in [0.3, 0.4) is 0 Å². The molecule has 1 heterocycles. The molecule has 2 aromatic rings. The first-order chi connectivity index (χ1) is 9.78. The van der Waals surface area contributed by atoms with Gasteiger partial charge in [-0.3, -0.25) is 0 Å². The van der Waals surface area contributed by atoms with Crippen LogP contribution in [-0.2, 0) is 0 Å². The molecule has 0 saturated carbocycles. The van der Waals surface area contributed by atoms with Gasteiger partial charge in [0.2, 0.25) is 5.95 Å². The van der Waals surface area contributed by atoms with Gasteiger partial charge in [-0.05, 0) is 25.5 Å². The Hall–Kier alpha value is -2.17. The standard InChI is InChI=1S/C15H21N5/c1-3-4-5-10-16-14-11-17-20-15(19-14)18-13-8-6-12(2)7-9-13/h6-9,11H,3-5,10H2,1-2H3,(H2,16,18,19,20). The summed E-state index contributed by atoms with van der Waals surface area (Å²) in [6.07, 6.45) is 5.22. The van der Waals surface area contributed by atoms with Gasteiger partial charge in [-0.2, -0.15) is 10.1 Å². The summed E-state index contributed by atoms with van der Waals surface area (Å²) in [6, 6.07) is 8.09. The van der Waals surface area contributed by atoms with E-state index in [0.717, 1.165) is 24.5 Å². The van der Waals surface area contributed by atoms with Crippen molar-refractivity contribution in [2.24, 2.45) is 0 Å². The number of nitrogens with zero attached hydrogens (tertiary/aromatic N) is 3. The van der Waals surface area contributed by atoms with Crippen LogP contribution in [0.4, 0.5) is 17.5 Å². The van der Waals surface area contributed by atoms with E-state index in [9.17, 15) is 0 Å². The van der Waals surface area contributed by atoms with Gasteiger partial charge in [0, 0.05) is 12.2 Å². The summed E-state index contributed by atoms with van der Waals surface area (Å²) in [5.74, 6) is 1.26. The maximum atomic E-state index is 4.39. The monoisotopic (exact) mass is 271 g/mol. The second-order valence-corrected chi connectivity index (χ2v) is 4.79. The summed E-state index contributed by atoms with van der Waals surface area (Å²) in [5.41, 5.74) is 2.18. The third-order valence-electron chi connectivity index (χ3n) is 2.95. The SMILES string of the molecule is CCCCCNc1cnnc(Nc2ccc(C)cc2)n1. The Morgan fingerprint density at radius 2 is 1.90 bits per heavy atom. The number of aromatic nitrogens is 3. The third-order valence-corrected chi connectivity index (χ3v) is 2.95. The molecule has 0 unspecified atom stereocenters. The summed E-state index contributed by atoms with van der Waals surface area (Å²) < 4.78 is 0. The molecule has 0 bridgehead atoms. The van der Waals surface area contributed by atoms with Crippen LogP contribution in [0.1, 0.15) is 31.7 Å². The van der Waals surface area contributed by atoms with Crippen LogP contribution in [0, 0.1) is 6.92 Å². The van der Waals surface area contributed by atoms with E-state index in [-0.39, 0.29) is 0 Å². The van der Waals surface area contributed by atoms with Gasteiger partial charge in [0.05, 0.1) is 6.20 Å². The lowest BCUT2D eigenvalue weighted by Crippen LogP contribution is -2.06. The molecule has 0 saturated heterocycles. The first-order valence-corrected chi connectivity index (χ1v) is 7.05. The fraction of sp³-hybridized carbons (Fsp3) is 0.400. The van der Waals surface area contributed by atoms with E-state index < -0.39 is 0 Å². The molecule has 0 radical (unpaired) electrons. The van der Waals surface area contributed by atoms with Gasteiger partial charge >= 0.3 is 0 Å². The molecule has 5 nitrogen and oxygen atoms in total. The van der Waals surface area contributed by atoms with E-state index in [1.807, 2.05) is 24.3 Å². The molecule has 0 amide bonds. The highest BCUT2D eigenvalue weighted by Crippen LogP contribution is 2.14. The summed E-state index contributed by atoms with van der Waals surface area (Å²) in [4.78, 5) is 4.39. The number of hydrogen-bond acceptors (Lipinski definition) is 5. The smallest absolute Gasteiger partial charge is 0.249 e. The van der Waals surface area contributed by atoms with Gasteiger partial charge in [-0.25, -0.2) is 0 Å². The van der Waals surface area contributed by atoms with Gasteiger partial charge in [0.15, 0.2) is 5.82 Å². The molecule has 2 N–H and O–H groups in total. The Morgan fingerprint density at radius 3 is 2.65 bits per heavy atom. The number of nitrogens with one attached hydrogen (secondary N) is 2. The quantitative estimate of drug-likeness (QED) is 0.754. The lowest BCUT2D eigenvalue weighted by molar-refractivity contribution is 0.741. The Bertz CT molecular complexity index is 524. The highest BCUT2D eigenvalue weighted by Gasteiger charge is 2.01. The van der Waals surface area contributed by atoms with Crippen molar-refractivity contribution in [2.45, 2.75) is 33.1 Å². The zero-order valence-corrected chi connectivity index (χ0v) is 12.1. The molecule has 1 aromatic heterocycles. The molecule has 0 spiro atoms. The van der Waals surface area contributed by atoms with Gasteiger partial charge in [-0.15, -0.1) is 5.10 Å². The molecular weight excluding hydrogens is 250 g/mol. The number of rotatable bonds is 7. The molecule has 2 rings (SSSR count). The predicted molar refractivity (Wildman–Crippen MR) is 82.3 cm³/mol. The van der Waals surface area contributed by atoms with Crippen molar-refractivity contribution >= 4 is 17.5 Å². The molecule has 106 valence electrons. The lowest BCUT2D eigenvalue weighted by atomic mass is 10.2. The van der Waals surface area contributed by atoms with E-state index >= 15 is 0 Å². The zero-order chi connectivity index (χ0) is 14.2. The van der Waals surface area contributed by atoms with E-state index in [2.05, 4.69) is 39.7 Å². The van der Waals surface area contributed by atoms with Crippen LogP contribution >= 0.6 is 0 Å². The number of benzene rings is 1. The number of unbranched alkanes of at least 4 members (excludes halogenated alkanes) is 2. The van der Waals surface area contributed by atoms with Crippen molar-refractivity contribution in [1.29, 1.82) is 0 Å². The average Bonchev–Trinajstić information content (AvgIpc) is 2.47. The maximum absolute atomic E-state index is 4.39. The summed E-state index contributed by atoms with van der Waals surface area (Å²) in [5, 5.41) is 14.4. The molecule has 5 heteroatoms. The minimum Gasteiger partial charge on any atom is -0.369 e. The number of aryl methyl sites for hydroxylation is 1. The Morgan fingerprint density at radius 1 is 1.10 bits per heavy atom. The first kappa shape index (κ1) is 14.2. The predicted octanol–water partition coefficient (Wildman–Crippen LogP) is 3.53. The Kier molecular flexibility index (Phi) is 5.29. The van der Waals surface area contributed by atoms with E-state index in [0.29, 0.717) is 5.95 Å². The van der Waals surface area contributed by atoms with Crippen molar-refractivity contribution in [3.8, 4) is 0 Å². The molecule has 0 atom stereocenters. The maximum Gasteiger partial charge on any atom is 0.249 e. The molecule has 1 aromatic carbocycles. The fourth-order valence-electron chi connectivity index (χ4n) is 1.80. The van der Waals surface area contributed by atoms with E-state index in [4.69, 9.17) is 0 Å². The molecular formula is C15H21N5. The van der Waals surface area contributed by atoms with Crippen LogP contribution in [0.15, 0.2) is 30.5 Å². The zero-order valence-electron chi connectivity index (χ0n) is 12.1. The average molecular weight is 271 g/mol. The van der Waals surface area contributed by atoms with Gasteiger partial charge in [-0.1, -0.05) is 37.5 Å². The highest BCUT2D eigenvalue weighted by molar-refractivity contribution is 5.54.